The quantitative estimate of drug-likeness (QED) is 0.144. The van der Waals surface area contributed by atoms with Crippen molar-refractivity contribution >= 4 is 21.8 Å². The van der Waals surface area contributed by atoms with Crippen LogP contribution in [0.5, 0.6) is 0 Å². The molecule has 1 heterocycles. The first-order chi connectivity index (χ1) is 25.5. The van der Waals surface area contributed by atoms with Crippen molar-refractivity contribution in [3.8, 4) is 33.4 Å². The summed E-state index contributed by atoms with van der Waals surface area (Å²) in [6.07, 6.45) is 3.14. The van der Waals surface area contributed by atoms with Crippen LogP contribution in [0.1, 0.15) is 60.9 Å². The van der Waals surface area contributed by atoms with E-state index in [0.29, 0.717) is 5.92 Å². The third-order valence-corrected chi connectivity index (χ3v) is 11.7. The number of hydrogen-bond acceptors (Lipinski definition) is 0. The molecule has 254 valence electrons. The Morgan fingerprint density at radius 2 is 1.17 bits per heavy atom. The van der Waals surface area contributed by atoms with Gasteiger partial charge in [0.1, 0.15) is 0 Å². The van der Waals surface area contributed by atoms with Gasteiger partial charge in [-0.25, -0.2) is 0 Å². The van der Waals surface area contributed by atoms with E-state index < -0.39 is 0 Å². The molecule has 1 aliphatic carbocycles. The number of rotatable bonds is 9. The van der Waals surface area contributed by atoms with Crippen molar-refractivity contribution in [3.63, 3.8) is 0 Å². The average Bonchev–Trinajstić information content (AvgIpc) is 3.64. The van der Waals surface area contributed by atoms with Gasteiger partial charge in [-0.15, -0.1) is 0 Å². The normalized spacial score (nSPS) is 13.7. The fourth-order valence-corrected chi connectivity index (χ4v) is 8.95. The summed E-state index contributed by atoms with van der Waals surface area (Å²) in [5.74, 6) is 0.392. The van der Waals surface area contributed by atoms with Crippen LogP contribution in [0, 0.1) is 0 Å². The molecule has 52 heavy (non-hydrogen) atoms. The van der Waals surface area contributed by atoms with Gasteiger partial charge >= 0.3 is 0 Å². The number of benzene rings is 7. The van der Waals surface area contributed by atoms with E-state index >= 15 is 0 Å². The molecule has 1 unspecified atom stereocenters. The van der Waals surface area contributed by atoms with Crippen LogP contribution < -0.4 is 0 Å². The highest BCUT2D eigenvalue weighted by atomic mass is 15.0. The highest BCUT2D eigenvalue weighted by molar-refractivity contribution is 6.09. The largest absolute Gasteiger partial charge is 0.341 e. The number of aryl methyl sites for hydroxylation is 2. The van der Waals surface area contributed by atoms with Gasteiger partial charge in [0.25, 0.3) is 0 Å². The van der Waals surface area contributed by atoms with E-state index in [0.717, 1.165) is 25.8 Å². The van der Waals surface area contributed by atoms with Crippen molar-refractivity contribution in [1.82, 2.24) is 4.57 Å². The van der Waals surface area contributed by atoms with E-state index in [4.69, 9.17) is 0 Å². The van der Waals surface area contributed by atoms with Crippen molar-refractivity contribution in [1.29, 1.82) is 0 Å². The van der Waals surface area contributed by atoms with Gasteiger partial charge in [0.05, 0.1) is 0 Å². The molecular weight excluding hydrogens is 627 g/mol. The summed E-state index contributed by atoms with van der Waals surface area (Å²) in [5, 5.41) is 2.66. The highest BCUT2D eigenvalue weighted by Gasteiger charge is 2.35. The summed E-state index contributed by atoms with van der Waals surface area (Å²) in [6, 6.07) is 61.4. The minimum absolute atomic E-state index is 0.0174. The van der Waals surface area contributed by atoms with E-state index in [1.54, 1.807) is 0 Å². The smallest absolute Gasteiger partial charge is 0.0491 e. The second kappa shape index (κ2) is 13.1. The molecular formula is C51H45N. The van der Waals surface area contributed by atoms with Crippen LogP contribution in [0.2, 0.25) is 0 Å². The van der Waals surface area contributed by atoms with Crippen molar-refractivity contribution in [2.75, 3.05) is 0 Å². The molecule has 0 N–H and O–H groups in total. The predicted octanol–water partition coefficient (Wildman–Crippen LogP) is 13.4. The van der Waals surface area contributed by atoms with Gasteiger partial charge in [-0.1, -0.05) is 159 Å². The van der Waals surface area contributed by atoms with Gasteiger partial charge in [-0.05, 0) is 112 Å². The second-order valence-corrected chi connectivity index (χ2v) is 15.2. The lowest BCUT2D eigenvalue weighted by Gasteiger charge is -2.22. The minimum Gasteiger partial charge on any atom is -0.341 e. The summed E-state index contributed by atoms with van der Waals surface area (Å²) >= 11 is 0. The molecule has 1 aliphatic rings. The zero-order valence-electron chi connectivity index (χ0n) is 30.4. The highest BCUT2D eigenvalue weighted by Crippen LogP contribution is 2.49. The van der Waals surface area contributed by atoms with Crippen molar-refractivity contribution in [3.05, 3.63) is 192 Å². The van der Waals surface area contributed by atoms with Crippen molar-refractivity contribution < 1.29 is 0 Å². The molecule has 0 bridgehead atoms. The lowest BCUT2D eigenvalue weighted by molar-refractivity contribution is 0.618. The first-order valence-electron chi connectivity index (χ1n) is 19.0. The summed E-state index contributed by atoms with van der Waals surface area (Å²) in [6.45, 7) is 7.96. The summed E-state index contributed by atoms with van der Waals surface area (Å²) < 4.78 is 2.43. The molecule has 1 atom stereocenters. The molecule has 7 aromatic carbocycles. The van der Waals surface area contributed by atoms with Crippen LogP contribution >= 0.6 is 0 Å². The van der Waals surface area contributed by atoms with Crippen LogP contribution in [0.4, 0.5) is 0 Å². The Balaban J connectivity index is 1.03. The minimum atomic E-state index is 0.0174. The second-order valence-electron chi connectivity index (χ2n) is 15.2. The molecule has 1 aromatic heterocycles. The van der Waals surface area contributed by atoms with E-state index in [-0.39, 0.29) is 5.41 Å². The monoisotopic (exact) mass is 671 g/mol. The van der Waals surface area contributed by atoms with Gasteiger partial charge < -0.3 is 4.57 Å². The van der Waals surface area contributed by atoms with Gasteiger partial charge in [0, 0.05) is 33.8 Å². The summed E-state index contributed by atoms with van der Waals surface area (Å²) in [4.78, 5) is 0. The Morgan fingerprint density at radius 3 is 2.02 bits per heavy atom. The molecule has 0 saturated heterocycles. The maximum absolute atomic E-state index is 2.50. The first-order valence-corrected chi connectivity index (χ1v) is 19.0. The lowest BCUT2D eigenvalue weighted by atomic mass is 9.81. The Bertz CT molecular complexity index is 2550. The van der Waals surface area contributed by atoms with Crippen LogP contribution in [-0.4, -0.2) is 4.57 Å². The van der Waals surface area contributed by atoms with E-state index in [2.05, 4.69) is 189 Å². The van der Waals surface area contributed by atoms with Crippen LogP contribution in [0.3, 0.4) is 0 Å². The maximum Gasteiger partial charge on any atom is 0.0491 e. The fourth-order valence-electron chi connectivity index (χ4n) is 8.95. The Hall–Kier alpha value is -5.66. The van der Waals surface area contributed by atoms with Crippen LogP contribution in [-0.2, 0) is 24.8 Å². The average molecular weight is 672 g/mol. The predicted molar refractivity (Wildman–Crippen MR) is 221 cm³/mol. The molecule has 0 spiro atoms. The van der Waals surface area contributed by atoms with Crippen molar-refractivity contribution in [2.24, 2.45) is 0 Å². The number of para-hydroxylation sites is 1. The maximum atomic E-state index is 2.50. The van der Waals surface area contributed by atoms with Crippen LogP contribution in [0.15, 0.2) is 164 Å². The lowest BCUT2D eigenvalue weighted by Crippen LogP contribution is -2.15. The standard InChI is InChI=1S/C51H45N/c1-4-52-49-20-11-9-18-45(49)46-34-42(28-30-50(46)52)39-26-24-38(25-27-39)41(32-36-13-12-16-40(31-36)37-14-6-5-7-15-37)23-21-35-22-29-44-43-17-8-10-19-47(43)51(2,3)48(44)33-35/h5-20,22,24-31,33-34,41H,4,21,23,32H2,1-3H3. The summed E-state index contributed by atoms with van der Waals surface area (Å²) in [5.41, 5.74) is 17.6. The van der Waals surface area contributed by atoms with Gasteiger partial charge in [-0.2, -0.15) is 0 Å². The molecule has 0 radical (unpaired) electrons. The van der Waals surface area contributed by atoms with Crippen LogP contribution in [0.25, 0.3) is 55.2 Å². The molecule has 0 aliphatic heterocycles. The summed E-state index contributed by atoms with van der Waals surface area (Å²) in [7, 11) is 0. The topological polar surface area (TPSA) is 4.93 Å². The van der Waals surface area contributed by atoms with Crippen molar-refractivity contribution in [2.45, 2.75) is 57.9 Å². The molecule has 0 fully saturated rings. The molecule has 1 heteroatoms. The Kier molecular flexibility index (Phi) is 8.16. The fraction of sp³-hybridized carbons (Fsp3) is 0.176. The SMILES string of the molecule is CCn1c2ccccc2c2cc(-c3ccc(C(CCc4ccc5c(c4)C(C)(C)c4ccccc4-5)Cc4cccc(-c5ccccc5)c4)cc3)ccc21. The molecule has 0 saturated carbocycles. The molecule has 8 aromatic rings. The van der Waals surface area contributed by atoms with E-state index in [9.17, 15) is 0 Å². The van der Waals surface area contributed by atoms with Gasteiger partial charge in [-0.3, -0.25) is 0 Å². The molecule has 0 amide bonds. The third kappa shape index (κ3) is 5.66. The molecule has 1 nitrogen and oxygen atoms in total. The zero-order chi connectivity index (χ0) is 35.2. The first kappa shape index (κ1) is 32.3. The van der Waals surface area contributed by atoms with E-state index in [1.165, 1.54) is 83.0 Å². The number of nitrogens with zero attached hydrogens (tertiary/aromatic N) is 1. The Morgan fingerprint density at radius 1 is 0.500 bits per heavy atom. The zero-order valence-corrected chi connectivity index (χ0v) is 30.4. The van der Waals surface area contributed by atoms with E-state index in [1.807, 2.05) is 0 Å². The number of fused-ring (bicyclic) bond motifs is 6. The van der Waals surface area contributed by atoms with Gasteiger partial charge in [0.2, 0.25) is 0 Å². The molecule has 9 rings (SSSR count). The third-order valence-electron chi connectivity index (χ3n) is 11.7. The number of aromatic nitrogens is 1. The Labute approximate surface area is 308 Å². The van der Waals surface area contributed by atoms with Gasteiger partial charge in [0.15, 0.2) is 0 Å². The number of hydrogen-bond donors (Lipinski definition) is 0.